The summed E-state index contributed by atoms with van der Waals surface area (Å²) in [6.07, 6.45) is 1.43. The summed E-state index contributed by atoms with van der Waals surface area (Å²) in [5.41, 5.74) is 1.32. The number of ether oxygens (including phenoxy) is 2. The first-order chi connectivity index (χ1) is 12.6. The van der Waals surface area contributed by atoms with Crippen LogP contribution in [-0.2, 0) is 16.0 Å². The molecule has 7 nitrogen and oxygen atoms in total. The average Bonchev–Trinajstić information content (AvgIpc) is 3.29. The summed E-state index contributed by atoms with van der Waals surface area (Å²) < 4.78 is 18.0. The summed E-state index contributed by atoms with van der Waals surface area (Å²) in [5, 5.41) is 0. The molecule has 0 saturated heterocycles. The molecule has 0 aliphatic heterocycles. The number of fused-ring (bicyclic) bond motifs is 1. The van der Waals surface area contributed by atoms with Crippen LogP contribution in [0.2, 0.25) is 0 Å². The smallest absolute Gasteiger partial charge is 0.337 e. The van der Waals surface area contributed by atoms with Gasteiger partial charge in [0.05, 0.1) is 35.8 Å². The Morgan fingerprint density at radius 2 is 2.15 bits per heavy atom. The lowest BCUT2D eigenvalue weighted by Crippen LogP contribution is -2.19. The van der Waals surface area contributed by atoms with Crippen LogP contribution in [0.15, 0.2) is 46.0 Å². The molecule has 0 saturated carbocycles. The Bertz CT molecular complexity index is 985. The first kappa shape index (κ1) is 18.1. The van der Waals surface area contributed by atoms with Crippen LogP contribution < -0.4 is 4.80 Å². The van der Waals surface area contributed by atoms with E-state index in [2.05, 4.69) is 4.99 Å². The van der Waals surface area contributed by atoms with Crippen molar-refractivity contribution in [1.29, 1.82) is 0 Å². The van der Waals surface area contributed by atoms with Gasteiger partial charge in [-0.2, -0.15) is 4.99 Å². The van der Waals surface area contributed by atoms with Gasteiger partial charge in [-0.1, -0.05) is 11.3 Å². The van der Waals surface area contributed by atoms with Crippen molar-refractivity contribution < 1.29 is 23.5 Å². The average molecular weight is 374 g/mol. The number of hydrogen-bond acceptors (Lipinski definition) is 6. The van der Waals surface area contributed by atoms with E-state index in [0.29, 0.717) is 30.1 Å². The van der Waals surface area contributed by atoms with Gasteiger partial charge < -0.3 is 18.5 Å². The Morgan fingerprint density at radius 3 is 2.85 bits per heavy atom. The Kier molecular flexibility index (Phi) is 5.65. The van der Waals surface area contributed by atoms with Crippen LogP contribution in [0.25, 0.3) is 10.2 Å². The van der Waals surface area contributed by atoms with Gasteiger partial charge in [-0.05, 0) is 37.3 Å². The van der Waals surface area contributed by atoms with Gasteiger partial charge in [-0.15, -0.1) is 0 Å². The van der Waals surface area contributed by atoms with E-state index in [1.165, 1.54) is 24.7 Å². The van der Waals surface area contributed by atoms with Gasteiger partial charge in [0, 0.05) is 13.2 Å². The molecule has 1 aromatic carbocycles. The molecule has 3 aromatic rings. The van der Waals surface area contributed by atoms with E-state index in [9.17, 15) is 9.59 Å². The van der Waals surface area contributed by atoms with E-state index in [0.717, 1.165) is 10.2 Å². The molecule has 136 valence electrons. The highest BCUT2D eigenvalue weighted by Gasteiger charge is 2.13. The highest BCUT2D eigenvalue weighted by Crippen LogP contribution is 2.20. The largest absolute Gasteiger partial charge is 0.465 e. The molecular formula is C18H18N2O5S. The van der Waals surface area contributed by atoms with Crippen molar-refractivity contribution in [2.45, 2.75) is 13.5 Å². The Balaban J connectivity index is 2.08. The van der Waals surface area contributed by atoms with Crippen molar-refractivity contribution in [2.24, 2.45) is 4.99 Å². The number of carbonyl (C=O) groups excluding carboxylic acids is 2. The summed E-state index contributed by atoms with van der Waals surface area (Å²) in [5.74, 6) is -0.694. The number of benzene rings is 1. The van der Waals surface area contributed by atoms with Crippen LogP contribution in [0, 0.1) is 0 Å². The Hall–Kier alpha value is -2.71. The minimum absolute atomic E-state index is 0.175. The predicted octanol–water partition coefficient (Wildman–Crippen LogP) is 2.86. The third-order valence-electron chi connectivity index (χ3n) is 3.70. The molecule has 8 heteroatoms. The number of aromatic nitrogens is 1. The number of amides is 1. The third-order valence-corrected chi connectivity index (χ3v) is 4.74. The molecule has 2 aromatic heterocycles. The number of hydrogen-bond donors (Lipinski definition) is 0. The second kappa shape index (κ2) is 8.11. The normalized spacial score (nSPS) is 11.8. The van der Waals surface area contributed by atoms with Crippen molar-refractivity contribution in [3.63, 3.8) is 0 Å². The maximum atomic E-state index is 12.3. The fraction of sp³-hybridized carbons (Fsp3) is 0.278. The Labute approximate surface area is 153 Å². The zero-order valence-corrected chi connectivity index (χ0v) is 15.2. The number of furan rings is 1. The maximum absolute atomic E-state index is 12.3. The van der Waals surface area contributed by atoms with Crippen molar-refractivity contribution >= 4 is 33.4 Å². The number of esters is 1. The molecule has 0 aliphatic carbocycles. The molecule has 26 heavy (non-hydrogen) atoms. The van der Waals surface area contributed by atoms with Gasteiger partial charge in [0.25, 0.3) is 0 Å². The van der Waals surface area contributed by atoms with Crippen molar-refractivity contribution in [2.75, 3.05) is 20.3 Å². The van der Waals surface area contributed by atoms with E-state index in [-0.39, 0.29) is 5.76 Å². The van der Waals surface area contributed by atoms with Crippen LogP contribution >= 0.6 is 11.3 Å². The Morgan fingerprint density at radius 1 is 1.31 bits per heavy atom. The molecule has 3 rings (SSSR count). The summed E-state index contributed by atoms with van der Waals surface area (Å²) in [6.45, 7) is 3.55. The van der Waals surface area contributed by atoms with Gasteiger partial charge >= 0.3 is 11.9 Å². The van der Waals surface area contributed by atoms with Crippen molar-refractivity contribution in [3.05, 3.63) is 52.7 Å². The molecule has 0 N–H and O–H groups in total. The summed E-state index contributed by atoms with van der Waals surface area (Å²) in [7, 11) is 1.34. The van der Waals surface area contributed by atoms with Crippen molar-refractivity contribution in [3.8, 4) is 0 Å². The quantitative estimate of drug-likeness (QED) is 0.489. The molecule has 0 atom stereocenters. The van der Waals surface area contributed by atoms with E-state index in [1.54, 1.807) is 24.3 Å². The van der Waals surface area contributed by atoms with E-state index < -0.39 is 11.9 Å². The number of rotatable bonds is 6. The van der Waals surface area contributed by atoms with Crippen molar-refractivity contribution in [1.82, 2.24) is 4.57 Å². The minimum atomic E-state index is -0.458. The fourth-order valence-corrected chi connectivity index (χ4v) is 3.56. The molecule has 0 bridgehead atoms. The number of carbonyl (C=O) groups is 2. The molecule has 0 aliphatic rings. The van der Waals surface area contributed by atoms with Crippen LogP contribution in [0.1, 0.15) is 27.8 Å². The fourth-order valence-electron chi connectivity index (χ4n) is 2.46. The summed E-state index contributed by atoms with van der Waals surface area (Å²) in [6, 6.07) is 8.45. The zero-order valence-electron chi connectivity index (χ0n) is 14.4. The lowest BCUT2D eigenvalue weighted by atomic mass is 10.2. The first-order valence-corrected chi connectivity index (χ1v) is 8.87. The standard InChI is InChI=1S/C18H18N2O5S/c1-3-24-10-8-20-13-7-6-12(17(22)23-2)11-15(13)26-18(20)19-16(21)14-5-4-9-25-14/h4-7,9,11H,3,8,10H2,1-2H3. The van der Waals surface area contributed by atoms with Crippen LogP contribution in [0.4, 0.5) is 0 Å². The molecule has 2 heterocycles. The molecule has 1 amide bonds. The topological polar surface area (TPSA) is 83.0 Å². The van der Waals surface area contributed by atoms with Gasteiger partial charge in [0.15, 0.2) is 10.6 Å². The third kappa shape index (κ3) is 3.76. The predicted molar refractivity (Wildman–Crippen MR) is 96.2 cm³/mol. The molecule has 0 fully saturated rings. The number of thiazole rings is 1. The zero-order chi connectivity index (χ0) is 18.5. The lowest BCUT2D eigenvalue weighted by Gasteiger charge is -2.06. The molecule has 0 spiro atoms. The second-order valence-electron chi connectivity index (χ2n) is 5.30. The SMILES string of the molecule is CCOCCn1c(=NC(=O)c2ccco2)sc2cc(C(=O)OC)ccc21. The van der Waals surface area contributed by atoms with Crippen LogP contribution in [-0.4, -0.2) is 36.8 Å². The van der Waals surface area contributed by atoms with Gasteiger partial charge in [-0.25, -0.2) is 4.79 Å². The van der Waals surface area contributed by atoms with E-state index in [1.807, 2.05) is 17.6 Å². The second-order valence-corrected chi connectivity index (χ2v) is 6.31. The number of nitrogens with zero attached hydrogens (tertiary/aromatic N) is 2. The van der Waals surface area contributed by atoms with Gasteiger partial charge in [0.1, 0.15) is 0 Å². The van der Waals surface area contributed by atoms with Gasteiger partial charge in [0.2, 0.25) is 0 Å². The summed E-state index contributed by atoms with van der Waals surface area (Å²) in [4.78, 5) is 28.7. The number of methoxy groups -OCH3 is 1. The lowest BCUT2D eigenvalue weighted by molar-refractivity contribution is 0.0600. The first-order valence-electron chi connectivity index (χ1n) is 8.06. The molecular weight excluding hydrogens is 356 g/mol. The minimum Gasteiger partial charge on any atom is -0.465 e. The molecule has 0 radical (unpaired) electrons. The monoisotopic (exact) mass is 374 g/mol. The molecule has 0 unspecified atom stereocenters. The van der Waals surface area contributed by atoms with Gasteiger partial charge in [-0.3, -0.25) is 4.79 Å². The highest BCUT2D eigenvalue weighted by molar-refractivity contribution is 7.16. The maximum Gasteiger partial charge on any atom is 0.337 e. The highest BCUT2D eigenvalue weighted by atomic mass is 32.1. The van der Waals surface area contributed by atoms with Crippen LogP contribution in [0.3, 0.4) is 0 Å². The summed E-state index contributed by atoms with van der Waals surface area (Å²) >= 11 is 1.32. The van der Waals surface area contributed by atoms with E-state index in [4.69, 9.17) is 13.9 Å². The van der Waals surface area contributed by atoms with E-state index >= 15 is 0 Å². The van der Waals surface area contributed by atoms with Crippen LogP contribution in [0.5, 0.6) is 0 Å².